The Morgan fingerprint density at radius 1 is 1.00 bits per heavy atom. The van der Waals surface area contributed by atoms with Crippen molar-refractivity contribution in [3.05, 3.63) is 59.4 Å². The lowest BCUT2D eigenvalue weighted by atomic mass is 9.53. The van der Waals surface area contributed by atoms with Gasteiger partial charge in [0.15, 0.2) is 16.9 Å². The van der Waals surface area contributed by atoms with Gasteiger partial charge in [-0.2, -0.15) is 15.8 Å². The second kappa shape index (κ2) is 7.48. The van der Waals surface area contributed by atoms with Crippen LogP contribution in [0.15, 0.2) is 42.5 Å². The Morgan fingerprint density at radius 3 is 2.21 bits per heavy atom. The topological polar surface area (TPSA) is 132 Å². The molecule has 2 aliphatic rings. The molecule has 8 nitrogen and oxygen atoms in total. The molecule has 1 N–H and O–H groups in total. The highest BCUT2D eigenvalue weighted by molar-refractivity contribution is 5.89. The number of fused-ring (bicyclic) bond motifs is 2. The molecule has 4 atom stereocenters. The van der Waals surface area contributed by atoms with Crippen LogP contribution in [0, 0.1) is 62.0 Å². The first-order chi connectivity index (χ1) is 15.8. The Balaban J connectivity index is 2.07. The number of para-hydroxylation sites is 1. The van der Waals surface area contributed by atoms with E-state index in [-0.39, 0.29) is 11.3 Å². The fraction of sp³-hybridized carbons (Fsp3) is 0.333. The Kier molecular flexibility index (Phi) is 5.00. The van der Waals surface area contributed by atoms with Crippen molar-refractivity contribution in [2.75, 3.05) is 14.2 Å². The van der Waals surface area contributed by atoms with Crippen LogP contribution in [-0.2, 0) is 15.3 Å². The lowest BCUT2D eigenvalue weighted by Gasteiger charge is -2.49. The highest BCUT2D eigenvalue weighted by Gasteiger charge is 2.80. The van der Waals surface area contributed by atoms with Crippen molar-refractivity contribution in [2.45, 2.75) is 18.8 Å². The minimum Gasteiger partial charge on any atom is -0.493 e. The first-order valence-corrected chi connectivity index (χ1v) is 9.98. The molecule has 0 radical (unpaired) electrons. The van der Waals surface area contributed by atoms with Crippen molar-refractivity contribution >= 4 is 5.90 Å². The van der Waals surface area contributed by atoms with Crippen molar-refractivity contribution in [2.24, 2.45) is 16.7 Å². The molecule has 9 heteroatoms. The molecule has 0 spiro atoms. The predicted octanol–water partition coefficient (Wildman–Crippen LogP) is 3.95. The number of hydrogen-bond donors (Lipinski definition) is 1. The second-order valence-corrected chi connectivity index (χ2v) is 7.86. The average molecular weight is 446 g/mol. The van der Waals surface area contributed by atoms with E-state index in [2.05, 4.69) is 6.07 Å². The number of halogens is 1. The number of rotatable bonds is 4. The first kappa shape index (κ1) is 22.1. The van der Waals surface area contributed by atoms with Gasteiger partial charge in [-0.1, -0.05) is 19.1 Å². The van der Waals surface area contributed by atoms with Crippen LogP contribution in [0.5, 0.6) is 11.5 Å². The van der Waals surface area contributed by atoms with Gasteiger partial charge in [0.1, 0.15) is 11.9 Å². The van der Waals surface area contributed by atoms with Gasteiger partial charge in [0.25, 0.3) is 0 Å². The van der Waals surface area contributed by atoms with Crippen LogP contribution in [0.1, 0.15) is 24.2 Å². The number of nitrogens with zero attached hydrogens (tertiary/aromatic N) is 3. The van der Waals surface area contributed by atoms with E-state index in [1.165, 1.54) is 38.5 Å². The molecule has 2 heterocycles. The zero-order valence-electron chi connectivity index (χ0n) is 18.0. The number of nitrogens with one attached hydrogen (secondary N) is 1. The normalized spacial score (nSPS) is 29.2. The van der Waals surface area contributed by atoms with Gasteiger partial charge >= 0.3 is 0 Å². The number of ether oxygens (including phenoxy) is 4. The summed E-state index contributed by atoms with van der Waals surface area (Å²) in [4.78, 5) is 0. The number of hydrogen-bond acceptors (Lipinski definition) is 8. The molecule has 0 aromatic heterocycles. The molecule has 4 unspecified atom stereocenters. The van der Waals surface area contributed by atoms with E-state index >= 15 is 0 Å². The first-order valence-electron chi connectivity index (χ1n) is 9.98. The molecule has 2 aliphatic heterocycles. The molecule has 2 aromatic carbocycles. The molecule has 2 saturated heterocycles. The van der Waals surface area contributed by atoms with Crippen molar-refractivity contribution in [3.63, 3.8) is 0 Å². The second-order valence-electron chi connectivity index (χ2n) is 7.86. The molecule has 0 amide bonds. The zero-order chi connectivity index (χ0) is 24.0. The van der Waals surface area contributed by atoms with E-state index in [0.29, 0.717) is 11.3 Å². The average Bonchev–Trinajstić information content (AvgIpc) is 3.00. The maximum absolute atomic E-state index is 13.7. The number of benzene rings is 2. The van der Waals surface area contributed by atoms with Gasteiger partial charge in [-0.3, -0.25) is 5.41 Å². The third-order valence-electron chi connectivity index (χ3n) is 6.63. The van der Waals surface area contributed by atoms with Gasteiger partial charge in [-0.05, 0) is 30.3 Å². The van der Waals surface area contributed by atoms with Crippen molar-refractivity contribution in [1.82, 2.24) is 0 Å². The van der Waals surface area contributed by atoms with Crippen LogP contribution >= 0.6 is 0 Å². The Bertz CT molecular complexity index is 1250. The number of nitriles is 3. The lowest BCUT2D eigenvalue weighted by molar-refractivity contribution is -0.288. The minimum absolute atomic E-state index is 0.211. The van der Waals surface area contributed by atoms with Crippen LogP contribution in [0.2, 0.25) is 0 Å². The van der Waals surface area contributed by atoms with Crippen molar-refractivity contribution < 1.29 is 23.3 Å². The fourth-order valence-corrected chi connectivity index (χ4v) is 4.95. The smallest absolute Gasteiger partial charge is 0.244 e. The van der Waals surface area contributed by atoms with E-state index in [1.54, 1.807) is 25.1 Å². The van der Waals surface area contributed by atoms with Crippen LogP contribution in [0.4, 0.5) is 4.39 Å². The van der Waals surface area contributed by atoms with Crippen molar-refractivity contribution in [1.29, 1.82) is 21.2 Å². The van der Waals surface area contributed by atoms with Crippen LogP contribution < -0.4 is 9.47 Å². The van der Waals surface area contributed by atoms with E-state index in [1.807, 2.05) is 12.1 Å². The molecule has 4 rings (SSSR count). The summed E-state index contributed by atoms with van der Waals surface area (Å²) >= 11 is 0. The van der Waals surface area contributed by atoms with Crippen molar-refractivity contribution in [3.8, 4) is 29.7 Å². The highest BCUT2D eigenvalue weighted by Crippen LogP contribution is 2.69. The molecule has 166 valence electrons. The maximum Gasteiger partial charge on any atom is 0.244 e. The van der Waals surface area contributed by atoms with Crippen LogP contribution in [0.25, 0.3) is 0 Å². The Hall–Kier alpha value is -4.13. The summed E-state index contributed by atoms with van der Waals surface area (Å²) < 4.78 is 36.8. The minimum atomic E-state index is -2.17. The van der Waals surface area contributed by atoms with Crippen LogP contribution in [0.3, 0.4) is 0 Å². The van der Waals surface area contributed by atoms with Gasteiger partial charge in [0, 0.05) is 11.1 Å². The molecule has 2 aromatic rings. The standard InChI is InChI=1S/C24H19FN4O4/c1-14-23(13-28)21(29)33-24(14,15-7-9-16(25)10-8-15)32-20(22(23,11-26)12-27)17-5-4-6-18(30-2)19(17)31-3/h4-10,14,20,29H,1-3H3. The summed E-state index contributed by atoms with van der Waals surface area (Å²) in [5, 5.41) is 39.6. The third-order valence-corrected chi connectivity index (χ3v) is 6.63. The third kappa shape index (κ3) is 2.53. The molecule has 2 bridgehead atoms. The quantitative estimate of drug-likeness (QED) is 0.752. The lowest BCUT2D eigenvalue weighted by Crippen LogP contribution is -2.57. The largest absolute Gasteiger partial charge is 0.493 e. The molecule has 0 saturated carbocycles. The molecular formula is C24H19FN4O4. The van der Waals surface area contributed by atoms with E-state index in [4.69, 9.17) is 24.4 Å². The van der Waals surface area contributed by atoms with Gasteiger partial charge in [-0.15, -0.1) is 0 Å². The van der Waals surface area contributed by atoms with Gasteiger partial charge in [0.2, 0.25) is 17.1 Å². The summed E-state index contributed by atoms with van der Waals surface area (Å²) in [5.74, 6) is -3.20. The molecule has 33 heavy (non-hydrogen) atoms. The fourth-order valence-electron chi connectivity index (χ4n) is 4.95. The summed E-state index contributed by atoms with van der Waals surface area (Å²) in [6.45, 7) is 1.58. The van der Waals surface area contributed by atoms with Gasteiger partial charge in [-0.25, -0.2) is 4.39 Å². The summed E-state index contributed by atoms with van der Waals surface area (Å²) in [7, 11) is 2.84. The molecule has 0 aliphatic carbocycles. The maximum atomic E-state index is 13.7. The van der Waals surface area contributed by atoms with E-state index < -0.39 is 40.4 Å². The summed E-state index contributed by atoms with van der Waals surface area (Å²) in [6.07, 6.45) is -1.37. The van der Waals surface area contributed by atoms with E-state index in [0.717, 1.165) is 0 Å². The SMILES string of the molecule is COc1cccc(C2OC3(c4ccc(F)cc4)OC(=N)C(C#N)(C3C)C2(C#N)C#N)c1OC. The summed E-state index contributed by atoms with van der Waals surface area (Å²) in [5.41, 5.74) is -3.54. The Labute approximate surface area is 189 Å². The summed E-state index contributed by atoms with van der Waals surface area (Å²) in [6, 6.07) is 16.1. The highest BCUT2D eigenvalue weighted by atomic mass is 19.1. The monoisotopic (exact) mass is 446 g/mol. The van der Waals surface area contributed by atoms with Gasteiger partial charge in [0.05, 0.1) is 38.3 Å². The zero-order valence-corrected chi connectivity index (χ0v) is 18.0. The molecule has 2 fully saturated rings. The Morgan fingerprint density at radius 2 is 1.67 bits per heavy atom. The van der Waals surface area contributed by atoms with E-state index in [9.17, 15) is 20.2 Å². The predicted molar refractivity (Wildman–Crippen MR) is 111 cm³/mol. The van der Waals surface area contributed by atoms with Gasteiger partial charge < -0.3 is 18.9 Å². The van der Waals surface area contributed by atoms with Crippen LogP contribution in [-0.4, -0.2) is 20.1 Å². The molecular weight excluding hydrogens is 427 g/mol. The number of methoxy groups -OCH3 is 2.